The highest BCUT2D eigenvalue weighted by Crippen LogP contribution is 2.15. The molecule has 0 heterocycles. The summed E-state index contributed by atoms with van der Waals surface area (Å²) >= 11 is 0. The lowest BCUT2D eigenvalue weighted by atomic mass is 10.1. The first-order chi connectivity index (χ1) is 9.17. The minimum atomic E-state index is -0.456. The predicted molar refractivity (Wildman–Crippen MR) is 82.6 cm³/mol. The Morgan fingerprint density at radius 2 is 1.95 bits per heavy atom. The summed E-state index contributed by atoms with van der Waals surface area (Å²) in [6.07, 6.45) is 1.57. The number of hydrogen-bond acceptors (Lipinski definition) is 4. The highest BCUT2D eigenvalue weighted by molar-refractivity contribution is 5.94. The zero-order chi connectivity index (χ0) is 14.1. The van der Waals surface area contributed by atoms with Gasteiger partial charge in [-0.25, -0.2) is 0 Å². The third-order valence-corrected chi connectivity index (χ3v) is 2.61. The number of rotatable bonds is 8. The van der Waals surface area contributed by atoms with E-state index in [9.17, 15) is 4.79 Å². The molecule has 0 radical (unpaired) electrons. The molecule has 1 aromatic carbocycles. The number of nitrogens with one attached hydrogen (secondary N) is 1. The van der Waals surface area contributed by atoms with Crippen LogP contribution in [-0.2, 0) is 9.53 Å². The topological polar surface area (TPSA) is 73.6 Å². The van der Waals surface area contributed by atoms with E-state index in [4.69, 9.17) is 15.2 Å². The van der Waals surface area contributed by atoms with Crippen molar-refractivity contribution < 1.29 is 14.3 Å². The molecule has 0 spiro atoms. The second-order valence-corrected chi connectivity index (χ2v) is 4.25. The molecule has 1 amide bonds. The largest absolute Gasteiger partial charge is 0.491 e. The smallest absolute Gasteiger partial charge is 0.241 e. The number of hydrogen-bond donors (Lipinski definition) is 2. The highest BCUT2D eigenvalue weighted by Gasteiger charge is 2.11. The van der Waals surface area contributed by atoms with Gasteiger partial charge < -0.3 is 20.5 Å². The second kappa shape index (κ2) is 10.5. The number of nitrogens with two attached hydrogens (primary N) is 1. The molecule has 1 rings (SSSR count). The Bertz CT molecular complexity index is 385. The Balaban J connectivity index is 0.00000361. The van der Waals surface area contributed by atoms with Crippen molar-refractivity contribution in [2.45, 2.75) is 25.8 Å². The summed E-state index contributed by atoms with van der Waals surface area (Å²) in [6, 6.07) is 6.73. The Hall–Kier alpha value is -1.30. The van der Waals surface area contributed by atoms with Gasteiger partial charge in [0.05, 0.1) is 12.6 Å². The van der Waals surface area contributed by atoms with Crippen molar-refractivity contribution in [2.24, 2.45) is 5.73 Å². The maximum atomic E-state index is 11.7. The normalized spacial score (nSPS) is 11.3. The van der Waals surface area contributed by atoms with E-state index in [-0.39, 0.29) is 18.3 Å². The van der Waals surface area contributed by atoms with E-state index >= 15 is 0 Å². The molecule has 0 aliphatic carbocycles. The Morgan fingerprint density at radius 3 is 2.50 bits per heavy atom. The average Bonchev–Trinajstić information content (AvgIpc) is 2.41. The van der Waals surface area contributed by atoms with Gasteiger partial charge in [0.25, 0.3) is 0 Å². The number of carbonyl (C=O) groups excluding carboxylic acids is 1. The minimum absolute atomic E-state index is 0. The van der Waals surface area contributed by atoms with Crippen molar-refractivity contribution in [2.75, 3.05) is 25.6 Å². The van der Waals surface area contributed by atoms with Gasteiger partial charge in [-0.2, -0.15) is 0 Å². The van der Waals surface area contributed by atoms with Crippen molar-refractivity contribution in [3.05, 3.63) is 24.3 Å². The fraction of sp³-hybridized carbons (Fsp3) is 0.500. The molecular formula is C14H23ClN2O3. The number of benzene rings is 1. The zero-order valence-electron chi connectivity index (χ0n) is 11.9. The standard InChI is InChI=1S/C14H22N2O3.ClH/c1-3-4-13(15)14(17)16-11-5-7-12(8-6-11)19-10-9-18-2;/h5-8,13H,3-4,9-10,15H2,1-2H3,(H,16,17);1H. The Labute approximate surface area is 126 Å². The fourth-order valence-corrected chi connectivity index (χ4v) is 1.55. The van der Waals surface area contributed by atoms with E-state index in [2.05, 4.69) is 5.32 Å². The summed E-state index contributed by atoms with van der Waals surface area (Å²) in [7, 11) is 1.63. The van der Waals surface area contributed by atoms with Crippen LogP contribution in [0, 0.1) is 0 Å². The predicted octanol–water partition coefficient (Wildman–Crippen LogP) is 2.20. The lowest BCUT2D eigenvalue weighted by Gasteiger charge is -2.11. The molecule has 0 saturated heterocycles. The van der Waals surface area contributed by atoms with Gasteiger partial charge in [-0.05, 0) is 30.7 Å². The lowest BCUT2D eigenvalue weighted by molar-refractivity contribution is -0.117. The molecule has 0 aliphatic rings. The lowest BCUT2D eigenvalue weighted by Crippen LogP contribution is -2.35. The number of amides is 1. The number of ether oxygens (including phenoxy) is 2. The van der Waals surface area contributed by atoms with E-state index in [0.717, 1.165) is 17.9 Å². The van der Waals surface area contributed by atoms with Crippen LogP contribution >= 0.6 is 12.4 Å². The van der Waals surface area contributed by atoms with Crippen LogP contribution in [0.3, 0.4) is 0 Å². The summed E-state index contributed by atoms with van der Waals surface area (Å²) < 4.78 is 10.3. The monoisotopic (exact) mass is 302 g/mol. The maximum absolute atomic E-state index is 11.7. The fourth-order valence-electron chi connectivity index (χ4n) is 1.55. The van der Waals surface area contributed by atoms with E-state index in [1.807, 2.05) is 6.92 Å². The van der Waals surface area contributed by atoms with Gasteiger partial charge in [0, 0.05) is 12.8 Å². The Kier molecular flexibility index (Phi) is 9.80. The molecule has 0 saturated carbocycles. The van der Waals surface area contributed by atoms with Crippen LogP contribution in [0.15, 0.2) is 24.3 Å². The molecule has 1 aromatic rings. The minimum Gasteiger partial charge on any atom is -0.491 e. The maximum Gasteiger partial charge on any atom is 0.241 e. The second-order valence-electron chi connectivity index (χ2n) is 4.25. The molecule has 0 aliphatic heterocycles. The van der Waals surface area contributed by atoms with E-state index < -0.39 is 6.04 Å². The van der Waals surface area contributed by atoms with E-state index in [0.29, 0.717) is 19.6 Å². The van der Waals surface area contributed by atoms with Gasteiger partial charge >= 0.3 is 0 Å². The van der Waals surface area contributed by atoms with Crippen LogP contribution in [0.5, 0.6) is 5.75 Å². The van der Waals surface area contributed by atoms with Crippen molar-refractivity contribution in [3.63, 3.8) is 0 Å². The first-order valence-corrected chi connectivity index (χ1v) is 6.45. The van der Waals surface area contributed by atoms with Gasteiger partial charge in [0.15, 0.2) is 0 Å². The van der Waals surface area contributed by atoms with Gasteiger partial charge in [0.2, 0.25) is 5.91 Å². The van der Waals surface area contributed by atoms with Crippen molar-refractivity contribution in [1.29, 1.82) is 0 Å². The third kappa shape index (κ3) is 6.75. The molecule has 5 nitrogen and oxygen atoms in total. The molecule has 0 fully saturated rings. The third-order valence-electron chi connectivity index (χ3n) is 2.61. The van der Waals surface area contributed by atoms with Crippen LogP contribution in [0.1, 0.15) is 19.8 Å². The summed E-state index contributed by atoms with van der Waals surface area (Å²) in [5, 5.41) is 2.78. The first kappa shape index (κ1) is 18.7. The number of halogens is 1. The highest BCUT2D eigenvalue weighted by atomic mass is 35.5. The number of methoxy groups -OCH3 is 1. The molecular weight excluding hydrogens is 280 g/mol. The molecule has 0 bridgehead atoms. The Morgan fingerprint density at radius 1 is 1.30 bits per heavy atom. The van der Waals surface area contributed by atoms with Crippen molar-refractivity contribution in [3.8, 4) is 5.75 Å². The van der Waals surface area contributed by atoms with Gasteiger partial charge in [0.1, 0.15) is 12.4 Å². The molecule has 1 atom stereocenters. The van der Waals surface area contributed by atoms with Gasteiger partial charge in [-0.1, -0.05) is 13.3 Å². The summed E-state index contributed by atoms with van der Waals surface area (Å²) in [5.41, 5.74) is 6.45. The number of carbonyl (C=O) groups is 1. The molecule has 1 unspecified atom stereocenters. The van der Waals surface area contributed by atoms with E-state index in [1.165, 1.54) is 0 Å². The molecule has 6 heteroatoms. The van der Waals surface area contributed by atoms with Gasteiger partial charge in [-0.3, -0.25) is 4.79 Å². The first-order valence-electron chi connectivity index (χ1n) is 6.45. The van der Waals surface area contributed by atoms with Crippen LogP contribution in [0.25, 0.3) is 0 Å². The number of anilines is 1. The summed E-state index contributed by atoms with van der Waals surface area (Å²) in [5.74, 6) is 0.586. The zero-order valence-corrected chi connectivity index (χ0v) is 12.7. The van der Waals surface area contributed by atoms with Crippen molar-refractivity contribution in [1.82, 2.24) is 0 Å². The summed E-state index contributed by atoms with van der Waals surface area (Å²) in [4.78, 5) is 11.7. The van der Waals surface area contributed by atoms with Crippen LogP contribution < -0.4 is 15.8 Å². The van der Waals surface area contributed by atoms with Crippen LogP contribution in [-0.4, -0.2) is 32.3 Å². The average molecular weight is 303 g/mol. The SMILES string of the molecule is CCCC(N)C(=O)Nc1ccc(OCCOC)cc1.Cl. The summed E-state index contributed by atoms with van der Waals surface area (Å²) in [6.45, 7) is 3.05. The van der Waals surface area contributed by atoms with E-state index in [1.54, 1.807) is 31.4 Å². The van der Waals surface area contributed by atoms with Gasteiger partial charge in [-0.15, -0.1) is 12.4 Å². The molecule has 20 heavy (non-hydrogen) atoms. The molecule has 0 aromatic heterocycles. The molecule has 114 valence electrons. The quantitative estimate of drug-likeness (QED) is 0.722. The van der Waals surface area contributed by atoms with Crippen LogP contribution in [0.4, 0.5) is 5.69 Å². The molecule has 3 N–H and O–H groups in total. The van der Waals surface area contributed by atoms with Crippen molar-refractivity contribution >= 4 is 24.0 Å². The van der Waals surface area contributed by atoms with Crippen LogP contribution in [0.2, 0.25) is 0 Å².